The fourth-order valence-electron chi connectivity index (χ4n) is 3.16. The molecule has 0 aliphatic rings. The normalized spacial score (nSPS) is 10.5. The van der Waals surface area contributed by atoms with Crippen LogP contribution in [0.5, 0.6) is 0 Å². The number of amides is 2. The van der Waals surface area contributed by atoms with Gasteiger partial charge in [-0.15, -0.1) is 11.3 Å². The van der Waals surface area contributed by atoms with Crippen molar-refractivity contribution < 1.29 is 9.59 Å². The van der Waals surface area contributed by atoms with E-state index < -0.39 is 0 Å². The largest absolute Gasteiger partial charge is 0.397 e. The van der Waals surface area contributed by atoms with E-state index in [1.165, 1.54) is 0 Å². The van der Waals surface area contributed by atoms with Gasteiger partial charge in [-0.2, -0.15) is 0 Å². The molecule has 0 aliphatic carbocycles. The van der Waals surface area contributed by atoms with Gasteiger partial charge in [0.1, 0.15) is 0 Å². The summed E-state index contributed by atoms with van der Waals surface area (Å²) in [6, 6.07) is 22.2. The lowest BCUT2D eigenvalue weighted by atomic mass is 10.1. The summed E-state index contributed by atoms with van der Waals surface area (Å²) in [5.41, 5.74) is 10.3. The van der Waals surface area contributed by atoms with Crippen LogP contribution < -0.4 is 16.4 Å². The van der Waals surface area contributed by atoms with E-state index in [-0.39, 0.29) is 18.2 Å². The molecule has 32 heavy (non-hydrogen) atoms. The number of hydrogen-bond acceptors (Lipinski definition) is 5. The Kier molecular flexibility index (Phi) is 6.57. The van der Waals surface area contributed by atoms with E-state index in [1.807, 2.05) is 60.0 Å². The van der Waals surface area contributed by atoms with Crippen LogP contribution in [0.25, 0.3) is 10.4 Å². The number of nitrogens with zero attached hydrogens (tertiary/aromatic N) is 1. The molecule has 2 aromatic heterocycles. The molecule has 4 N–H and O–H groups in total. The van der Waals surface area contributed by atoms with E-state index in [0.29, 0.717) is 23.5 Å². The van der Waals surface area contributed by atoms with Gasteiger partial charge in [-0.1, -0.05) is 30.3 Å². The molecule has 0 atom stereocenters. The zero-order valence-corrected chi connectivity index (χ0v) is 18.1. The Labute approximate surface area is 190 Å². The Morgan fingerprint density at radius 2 is 1.81 bits per heavy atom. The van der Waals surface area contributed by atoms with Crippen molar-refractivity contribution in [2.45, 2.75) is 13.0 Å². The second-order valence-corrected chi connectivity index (χ2v) is 8.15. The summed E-state index contributed by atoms with van der Waals surface area (Å²) in [6.07, 6.45) is 1.89. The van der Waals surface area contributed by atoms with E-state index in [2.05, 4.69) is 15.6 Å². The molecule has 0 radical (unpaired) electrons. The molecule has 4 aromatic rings. The minimum absolute atomic E-state index is 0.105. The number of anilines is 2. The smallest absolute Gasteiger partial charge is 0.255 e. The standard InChI is InChI=1S/C25H22N4O2S/c26-21-11-10-19(23-5-3-13-32-23)14-22(21)29-25(31)18-8-6-17(7-9-18)16-28-24(30)15-20-4-1-2-12-27-20/h1-14H,15-16,26H2,(H,28,30)(H,29,31). The third-order valence-corrected chi connectivity index (χ3v) is 5.80. The summed E-state index contributed by atoms with van der Waals surface area (Å²) < 4.78 is 0. The molecule has 0 bridgehead atoms. The minimum atomic E-state index is -0.245. The van der Waals surface area contributed by atoms with Crippen molar-refractivity contribution in [3.8, 4) is 10.4 Å². The number of nitrogen functional groups attached to an aromatic ring is 1. The van der Waals surface area contributed by atoms with Crippen molar-refractivity contribution in [2.24, 2.45) is 0 Å². The number of hydrogen-bond donors (Lipinski definition) is 3. The van der Waals surface area contributed by atoms with Crippen molar-refractivity contribution in [2.75, 3.05) is 11.1 Å². The number of pyridine rings is 1. The van der Waals surface area contributed by atoms with E-state index in [4.69, 9.17) is 5.73 Å². The molecule has 6 nitrogen and oxygen atoms in total. The van der Waals surface area contributed by atoms with Crippen LogP contribution in [-0.4, -0.2) is 16.8 Å². The third-order valence-electron chi connectivity index (χ3n) is 4.88. The molecule has 160 valence electrons. The highest BCUT2D eigenvalue weighted by Crippen LogP contribution is 2.30. The van der Waals surface area contributed by atoms with Crippen molar-refractivity contribution >= 4 is 34.5 Å². The number of rotatable bonds is 7. The number of nitrogens with two attached hydrogens (primary N) is 1. The molecule has 4 rings (SSSR count). The average Bonchev–Trinajstić information content (AvgIpc) is 3.35. The molecule has 0 spiro atoms. The van der Waals surface area contributed by atoms with Gasteiger partial charge < -0.3 is 16.4 Å². The monoisotopic (exact) mass is 442 g/mol. The zero-order valence-electron chi connectivity index (χ0n) is 17.2. The Morgan fingerprint density at radius 3 is 2.53 bits per heavy atom. The first kappa shape index (κ1) is 21.3. The Bertz CT molecular complexity index is 1210. The molecule has 0 unspecified atom stereocenters. The lowest BCUT2D eigenvalue weighted by Crippen LogP contribution is -2.24. The van der Waals surface area contributed by atoms with Gasteiger partial charge in [0.2, 0.25) is 5.91 Å². The summed E-state index contributed by atoms with van der Waals surface area (Å²) in [6.45, 7) is 0.378. The molecule has 2 heterocycles. The molecule has 0 aliphatic heterocycles. The van der Waals surface area contributed by atoms with Crippen LogP contribution in [0.2, 0.25) is 0 Å². The molecular weight excluding hydrogens is 420 g/mol. The summed E-state index contributed by atoms with van der Waals surface area (Å²) in [7, 11) is 0. The predicted molar refractivity (Wildman–Crippen MR) is 128 cm³/mol. The Morgan fingerprint density at radius 1 is 0.969 bits per heavy atom. The number of nitrogens with one attached hydrogen (secondary N) is 2. The molecule has 2 aromatic carbocycles. The number of aromatic nitrogens is 1. The lowest BCUT2D eigenvalue weighted by molar-refractivity contribution is -0.120. The summed E-state index contributed by atoms with van der Waals surface area (Å²) in [4.78, 5) is 30.0. The van der Waals surface area contributed by atoms with Crippen molar-refractivity contribution in [3.05, 3.63) is 101 Å². The van der Waals surface area contributed by atoms with Gasteiger partial charge in [0.05, 0.1) is 17.8 Å². The van der Waals surface area contributed by atoms with Crippen LogP contribution in [0.15, 0.2) is 84.4 Å². The van der Waals surface area contributed by atoms with Crippen LogP contribution in [-0.2, 0) is 17.8 Å². The lowest BCUT2D eigenvalue weighted by Gasteiger charge is -2.11. The average molecular weight is 443 g/mol. The van der Waals surface area contributed by atoms with Gasteiger partial charge >= 0.3 is 0 Å². The quantitative estimate of drug-likeness (QED) is 0.367. The van der Waals surface area contributed by atoms with Crippen LogP contribution in [0.3, 0.4) is 0 Å². The van der Waals surface area contributed by atoms with Gasteiger partial charge in [0, 0.05) is 28.9 Å². The topological polar surface area (TPSA) is 97.1 Å². The van der Waals surface area contributed by atoms with Gasteiger partial charge in [0.15, 0.2) is 0 Å². The number of carbonyl (C=O) groups excluding carboxylic acids is 2. The summed E-state index contributed by atoms with van der Waals surface area (Å²) in [5, 5.41) is 7.76. The summed E-state index contributed by atoms with van der Waals surface area (Å²) >= 11 is 1.63. The molecule has 0 fully saturated rings. The number of benzene rings is 2. The highest BCUT2D eigenvalue weighted by atomic mass is 32.1. The zero-order chi connectivity index (χ0) is 22.3. The first-order chi connectivity index (χ1) is 15.6. The van der Waals surface area contributed by atoms with Gasteiger partial charge in [-0.25, -0.2) is 0 Å². The first-order valence-electron chi connectivity index (χ1n) is 10.1. The minimum Gasteiger partial charge on any atom is -0.397 e. The maximum absolute atomic E-state index is 12.7. The summed E-state index contributed by atoms with van der Waals surface area (Å²) in [5.74, 6) is -0.350. The van der Waals surface area contributed by atoms with Crippen molar-refractivity contribution in [1.82, 2.24) is 10.3 Å². The second-order valence-electron chi connectivity index (χ2n) is 7.20. The first-order valence-corrected chi connectivity index (χ1v) is 11.0. The van der Waals surface area contributed by atoms with Gasteiger partial charge in [-0.3, -0.25) is 14.6 Å². The van der Waals surface area contributed by atoms with E-state index >= 15 is 0 Å². The van der Waals surface area contributed by atoms with Crippen LogP contribution in [0, 0.1) is 0 Å². The molecule has 2 amide bonds. The molecule has 0 saturated heterocycles. The van der Waals surface area contributed by atoms with Crippen LogP contribution in [0.1, 0.15) is 21.6 Å². The Hall–Kier alpha value is -3.97. The number of thiophene rings is 1. The fourth-order valence-corrected chi connectivity index (χ4v) is 3.88. The molecule has 0 saturated carbocycles. The molecule has 7 heteroatoms. The van der Waals surface area contributed by atoms with E-state index in [1.54, 1.807) is 35.7 Å². The van der Waals surface area contributed by atoms with Gasteiger partial charge in [0.25, 0.3) is 5.91 Å². The van der Waals surface area contributed by atoms with Crippen LogP contribution >= 0.6 is 11.3 Å². The second kappa shape index (κ2) is 9.89. The SMILES string of the molecule is Nc1ccc(-c2cccs2)cc1NC(=O)c1ccc(CNC(=O)Cc2ccccn2)cc1. The Balaban J connectivity index is 1.35. The fraction of sp³-hybridized carbons (Fsp3) is 0.0800. The highest BCUT2D eigenvalue weighted by Gasteiger charge is 2.11. The van der Waals surface area contributed by atoms with Gasteiger partial charge in [-0.05, 0) is 59.0 Å². The maximum Gasteiger partial charge on any atom is 0.255 e. The maximum atomic E-state index is 12.7. The van der Waals surface area contributed by atoms with Crippen molar-refractivity contribution in [3.63, 3.8) is 0 Å². The number of carbonyl (C=O) groups is 2. The van der Waals surface area contributed by atoms with E-state index in [0.717, 1.165) is 21.7 Å². The highest BCUT2D eigenvalue weighted by molar-refractivity contribution is 7.13. The van der Waals surface area contributed by atoms with Crippen molar-refractivity contribution in [1.29, 1.82) is 0 Å². The van der Waals surface area contributed by atoms with Crippen LogP contribution in [0.4, 0.5) is 11.4 Å². The predicted octanol–water partition coefficient (Wildman–Crippen LogP) is 4.50. The van der Waals surface area contributed by atoms with E-state index in [9.17, 15) is 9.59 Å². The third kappa shape index (κ3) is 5.39. The molecular formula is C25H22N4O2S.